The van der Waals surface area contributed by atoms with Crippen molar-refractivity contribution in [1.29, 1.82) is 0 Å². The summed E-state index contributed by atoms with van der Waals surface area (Å²) in [5.41, 5.74) is 1.64. The summed E-state index contributed by atoms with van der Waals surface area (Å²) in [6.07, 6.45) is 1.50. The molecular formula is C21H23N3O3S. The van der Waals surface area contributed by atoms with E-state index in [0.717, 1.165) is 12.0 Å². The molecule has 0 spiro atoms. The number of methoxy groups -OCH3 is 1. The van der Waals surface area contributed by atoms with Crippen molar-refractivity contribution < 1.29 is 14.3 Å². The predicted molar refractivity (Wildman–Crippen MR) is 109 cm³/mol. The van der Waals surface area contributed by atoms with E-state index in [1.807, 2.05) is 44.2 Å². The van der Waals surface area contributed by atoms with Crippen LogP contribution in [0.25, 0.3) is 0 Å². The molecule has 1 aromatic heterocycles. The van der Waals surface area contributed by atoms with Crippen molar-refractivity contribution in [2.45, 2.75) is 32.7 Å². The second-order valence-electron chi connectivity index (χ2n) is 6.39. The Kier molecular flexibility index (Phi) is 6.60. The van der Waals surface area contributed by atoms with Gasteiger partial charge in [0.25, 0.3) is 11.1 Å². The fourth-order valence-corrected chi connectivity index (χ4v) is 3.09. The van der Waals surface area contributed by atoms with Crippen molar-refractivity contribution in [3.63, 3.8) is 0 Å². The summed E-state index contributed by atoms with van der Waals surface area (Å²) in [5.74, 6) is 1.50. The molecule has 0 saturated heterocycles. The third-order valence-corrected chi connectivity index (χ3v) is 4.90. The zero-order valence-electron chi connectivity index (χ0n) is 16.1. The Balaban J connectivity index is 1.75. The average Bonchev–Trinajstić information content (AvgIpc) is 3.15. The maximum atomic E-state index is 12.4. The summed E-state index contributed by atoms with van der Waals surface area (Å²) < 4.78 is 15.6. The van der Waals surface area contributed by atoms with Crippen LogP contribution in [-0.2, 0) is 6.42 Å². The van der Waals surface area contributed by atoms with Gasteiger partial charge in [-0.3, -0.25) is 4.79 Å². The number of ether oxygens (including phenoxy) is 2. The molecule has 0 aliphatic carbocycles. The fraction of sp³-hybridized carbons (Fsp3) is 0.286. The molecule has 0 radical (unpaired) electrons. The molecule has 146 valence electrons. The first-order valence-corrected chi connectivity index (χ1v) is 9.89. The van der Waals surface area contributed by atoms with E-state index in [1.165, 1.54) is 11.5 Å². The summed E-state index contributed by atoms with van der Waals surface area (Å²) in [6, 6.07) is 15.2. The van der Waals surface area contributed by atoms with E-state index in [9.17, 15) is 4.79 Å². The zero-order valence-corrected chi connectivity index (χ0v) is 17.0. The minimum atomic E-state index is -0.149. The SMILES string of the molecule is CC[C@H](C)NC(=O)c1ccc(OC)c(Oc2nc(Cc3ccccc3)ns2)c1. The van der Waals surface area contributed by atoms with Crippen LogP contribution in [0.4, 0.5) is 0 Å². The summed E-state index contributed by atoms with van der Waals surface area (Å²) in [6.45, 7) is 3.99. The van der Waals surface area contributed by atoms with Crippen LogP contribution < -0.4 is 14.8 Å². The van der Waals surface area contributed by atoms with Gasteiger partial charge >= 0.3 is 0 Å². The molecule has 0 aliphatic rings. The summed E-state index contributed by atoms with van der Waals surface area (Å²) >= 11 is 1.17. The second kappa shape index (κ2) is 9.32. The first kappa shape index (κ1) is 19.8. The highest BCUT2D eigenvalue weighted by Crippen LogP contribution is 2.33. The van der Waals surface area contributed by atoms with Crippen LogP contribution >= 0.6 is 11.5 Å². The number of nitrogens with zero attached hydrogens (tertiary/aromatic N) is 2. The Morgan fingerprint density at radius 3 is 2.68 bits per heavy atom. The number of nitrogens with one attached hydrogen (secondary N) is 1. The van der Waals surface area contributed by atoms with Crippen LogP contribution in [0.2, 0.25) is 0 Å². The van der Waals surface area contributed by atoms with Crippen LogP contribution in [0, 0.1) is 0 Å². The number of rotatable bonds is 8. The molecular weight excluding hydrogens is 374 g/mol. The number of hydrogen-bond acceptors (Lipinski definition) is 6. The van der Waals surface area contributed by atoms with E-state index in [2.05, 4.69) is 14.7 Å². The van der Waals surface area contributed by atoms with E-state index >= 15 is 0 Å². The lowest BCUT2D eigenvalue weighted by Crippen LogP contribution is -2.31. The first-order valence-electron chi connectivity index (χ1n) is 9.12. The lowest BCUT2D eigenvalue weighted by atomic mass is 10.1. The third kappa shape index (κ3) is 5.07. The van der Waals surface area contributed by atoms with Crippen molar-refractivity contribution in [3.8, 4) is 16.7 Å². The van der Waals surface area contributed by atoms with Crippen molar-refractivity contribution in [3.05, 3.63) is 65.5 Å². The molecule has 1 atom stereocenters. The maximum Gasteiger partial charge on any atom is 0.298 e. The normalized spacial score (nSPS) is 11.7. The molecule has 3 aromatic rings. The van der Waals surface area contributed by atoms with Gasteiger partial charge in [0.05, 0.1) is 7.11 Å². The van der Waals surface area contributed by atoms with E-state index in [-0.39, 0.29) is 11.9 Å². The smallest absolute Gasteiger partial charge is 0.298 e. The number of hydrogen-bond donors (Lipinski definition) is 1. The largest absolute Gasteiger partial charge is 0.493 e. The monoisotopic (exact) mass is 397 g/mol. The lowest BCUT2D eigenvalue weighted by Gasteiger charge is -2.13. The Bertz CT molecular complexity index is 928. The van der Waals surface area contributed by atoms with Gasteiger partial charge in [0.15, 0.2) is 17.3 Å². The average molecular weight is 398 g/mol. The number of carbonyl (C=O) groups is 1. The van der Waals surface area contributed by atoms with E-state index < -0.39 is 0 Å². The van der Waals surface area contributed by atoms with Gasteiger partial charge < -0.3 is 14.8 Å². The highest BCUT2D eigenvalue weighted by atomic mass is 32.1. The lowest BCUT2D eigenvalue weighted by molar-refractivity contribution is 0.0939. The first-order chi connectivity index (χ1) is 13.6. The number of carbonyl (C=O) groups excluding carboxylic acids is 1. The van der Waals surface area contributed by atoms with Gasteiger partial charge in [0, 0.05) is 29.6 Å². The molecule has 2 aromatic carbocycles. The van der Waals surface area contributed by atoms with Gasteiger partial charge in [0.1, 0.15) is 0 Å². The summed E-state index contributed by atoms with van der Waals surface area (Å²) in [4.78, 5) is 16.8. The number of amides is 1. The highest BCUT2D eigenvalue weighted by Gasteiger charge is 2.15. The molecule has 0 saturated carbocycles. The van der Waals surface area contributed by atoms with Gasteiger partial charge in [-0.05, 0) is 37.1 Å². The second-order valence-corrected chi connectivity index (χ2v) is 7.10. The van der Waals surface area contributed by atoms with Crippen LogP contribution in [0.15, 0.2) is 48.5 Å². The van der Waals surface area contributed by atoms with Crippen molar-refractivity contribution in [2.24, 2.45) is 0 Å². The van der Waals surface area contributed by atoms with Gasteiger partial charge in [-0.1, -0.05) is 37.3 Å². The molecule has 6 nitrogen and oxygen atoms in total. The molecule has 1 N–H and O–H groups in total. The molecule has 0 bridgehead atoms. The molecule has 0 aliphatic heterocycles. The van der Waals surface area contributed by atoms with E-state index in [0.29, 0.717) is 34.5 Å². The van der Waals surface area contributed by atoms with Crippen LogP contribution in [0.1, 0.15) is 42.0 Å². The van der Waals surface area contributed by atoms with Crippen molar-refractivity contribution in [1.82, 2.24) is 14.7 Å². The Morgan fingerprint density at radius 2 is 1.96 bits per heavy atom. The third-order valence-electron chi connectivity index (χ3n) is 4.27. The van der Waals surface area contributed by atoms with Gasteiger partial charge in [-0.25, -0.2) is 0 Å². The Morgan fingerprint density at radius 1 is 1.18 bits per heavy atom. The standard InChI is InChI=1S/C21H23N3O3S/c1-4-14(2)22-20(25)16-10-11-17(26-3)18(13-16)27-21-23-19(24-28-21)12-15-8-6-5-7-9-15/h5-11,13-14H,4,12H2,1-3H3,(H,22,25)/t14-/m0/s1. The fourth-order valence-electron chi connectivity index (χ4n) is 2.53. The highest BCUT2D eigenvalue weighted by molar-refractivity contribution is 7.07. The summed E-state index contributed by atoms with van der Waals surface area (Å²) in [5, 5.41) is 3.35. The Labute approximate surface area is 168 Å². The molecule has 0 fully saturated rings. The molecule has 1 amide bonds. The van der Waals surface area contributed by atoms with Gasteiger partial charge in [-0.15, -0.1) is 0 Å². The van der Waals surface area contributed by atoms with Gasteiger partial charge in [0.2, 0.25) is 0 Å². The molecule has 3 rings (SSSR count). The van der Waals surface area contributed by atoms with E-state index in [1.54, 1.807) is 25.3 Å². The Hall–Kier alpha value is -2.93. The molecule has 1 heterocycles. The van der Waals surface area contributed by atoms with Crippen molar-refractivity contribution >= 4 is 17.4 Å². The number of benzene rings is 2. The van der Waals surface area contributed by atoms with Gasteiger partial charge in [-0.2, -0.15) is 9.36 Å². The van der Waals surface area contributed by atoms with Crippen LogP contribution in [0.3, 0.4) is 0 Å². The minimum Gasteiger partial charge on any atom is -0.493 e. The molecule has 0 unspecified atom stereocenters. The topological polar surface area (TPSA) is 73.3 Å². The quantitative estimate of drug-likeness (QED) is 0.608. The van der Waals surface area contributed by atoms with E-state index in [4.69, 9.17) is 9.47 Å². The maximum absolute atomic E-state index is 12.4. The molecule has 28 heavy (non-hydrogen) atoms. The van der Waals surface area contributed by atoms with Crippen molar-refractivity contribution in [2.75, 3.05) is 7.11 Å². The summed E-state index contributed by atoms with van der Waals surface area (Å²) in [7, 11) is 1.56. The van der Waals surface area contributed by atoms with Crippen LogP contribution in [-0.4, -0.2) is 28.4 Å². The predicted octanol–water partition coefficient (Wildman–Crippen LogP) is 4.46. The van der Waals surface area contributed by atoms with Crippen LogP contribution in [0.5, 0.6) is 16.7 Å². The zero-order chi connectivity index (χ0) is 19.9. The molecule has 7 heteroatoms. The minimum absolute atomic E-state index is 0.0997. The number of aromatic nitrogens is 2.